The molecule has 1 N–H and O–H groups in total. The van der Waals surface area contributed by atoms with Crippen molar-refractivity contribution >= 4 is 5.91 Å². The first-order chi connectivity index (χ1) is 9.24. The Kier molecular flexibility index (Phi) is 5.40. The van der Waals surface area contributed by atoms with Crippen LogP contribution in [0.4, 0.5) is 0 Å². The molecule has 2 rings (SSSR count). The van der Waals surface area contributed by atoms with Gasteiger partial charge in [0.25, 0.3) is 0 Å². The highest BCUT2D eigenvalue weighted by molar-refractivity contribution is 5.76. The fraction of sp³-hybridized carbons (Fsp3) is 0.800. The smallest absolute Gasteiger partial charge is 0.223 e. The Hall–Kier alpha value is -0.870. The van der Waals surface area contributed by atoms with Crippen LogP contribution < -0.4 is 0 Å². The van der Waals surface area contributed by atoms with Gasteiger partial charge < -0.3 is 10.0 Å². The lowest BCUT2D eigenvalue weighted by atomic mass is 10.0. The summed E-state index contributed by atoms with van der Waals surface area (Å²) in [7, 11) is 0. The van der Waals surface area contributed by atoms with E-state index >= 15 is 0 Å². The van der Waals surface area contributed by atoms with E-state index < -0.39 is 0 Å². The molecular formula is C15H26N2O2. The van der Waals surface area contributed by atoms with Crippen LogP contribution in [-0.4, -0.2) is 59.6 Å². The maximum absolute atomic E-state index is 12.2. The van der Waals surface area contributed by atoms with E-state index in [4.69, 9.17) is 0 Å². The van der Waals surface area contributed by atoms with Gasteiger partial charge >= 0.3 is 0 Å². The molecule has 0 spiro atoms. The van der Waals surface area contributed by atoms with Gasteiger partial charge in [0.15, 0.2) is 0 Å². The van der Waals surface area contributed by atoms with Crippen LogP contribution in [0.25, 0.3) is 0 Å². The van der Waals surface area contributed by atoms with E-state index in [1.165, 1.54) is 0 Å². The molecular weight excluding hydrogens is 240 g/mol. The summed E-state index contributed by atoms with van der Waals surface area (Å²) in [5, 5.41) is 9.31. The molecule has 2 unspecified atom stereocenters. The molecule has 1 fully saturated rings. The molecule has 0 saturated carbocycles. The number of amides is 1. The van der Waals surface area contributed by atoms with Gasteiger partial charge in [0.2, 0.25) is 5.91 Å². The molecule has 1 heterocycles. The average molecular weight is 266 g/mol. The van der Waals surface area contributed by atoms with Gasteiger partial charge in [-0.15, -0.1) is 0 Å². The quantitative estimate of drug-likeness (QED) is 0.762. The normalized spacial score (nSPS) is 25.8. The number of aliphatic hydroxyl groups is 1. The third-order valence-electron chi connectivity index (χ3n) is 4.41. The maximum Gasteiger partial charge on any atom is 0.223 e. The predicted octanol–water partition coefficient (Wildman–Crippen LogP) is 1.26. The zero-order valence-electron chi connectivity index (χ0n) is 11.9. The number of hydrogen-bond acceptors (Lipinski definition) is 3. The SMILES string of the molecule is CCC(CO)N1CCN(C(=O)CC2C=CCC2)CC1. The fourth-order valence-corrected chi connectivity index (χ4v) is 3.06. The van der Waals surface area contributed by atoms with Gasteiger partial charge in [0.1, 0.15) is 0 Å². The first-order valence-corrected chi connectivity index (χ1v) is 7.54. The number of carbonyl (C=O) groups excluding carboxylic acids is 1. The Morgan fingerprint density at radius 3 is 2.63 bits per heavy atom. The number of aliphatic hydroxyl groups excluding tert-OH is 1. The van der Waals surface area contributed by atoms with E-state index in [9.17, 15) is 9.90 Å². The lowest BCUT2D eigenvalue weighted by Gasteiger charge is -2.38. The van der Waals surface area contributed by atoms with Crippen LogP contribution in [0, 0.1) is 5.92 Å². The van der Waals surface area contributed by atoms with Crippen molar-refractivity contribution in [3.05, 3.63) is 12.2 Å². The summed E-state index contributed by atoms with van der Waals surface area (Å²) in [6.45, 7) is 5.73. The number of hydrogen-bond donors (Lipinski definition) is 1. The van der Waals surface area contributed by atoms with Crippen molar-refractivity contribution in [1.82, 2.24) is 9.80 Å². The number of nitrogens with zero attached hydrogens (tertiary/aromatic N) is 2. The molecule has 4 heteroatoms. The number of rotatable bonds is 5. The van der Waals surface area contributed by atoms with Crippen molar-refractivity contribution in [2.45, 2.75) is 38.6 Å². The van der Waals surface area contributed by atoms with Crippen molar-refractivity contribution < 1.29 is 9.90 Å². The standard InChI is InChI=1S/C15H26N2O2/c1-2-14(12-18)16-7-9-17(10-8-16)15(19)11-13-5-3-4-6-13/h3,5,13-14,18H,2,4,6-12H2,1H3. The Morgan fingerprint density at radius 2 is 2.11 bits per heavy atom. The summed E-state index contributed by atoms with van der Waals surface area (Å²) < 4.78 is 0. The Balaban J connectivity index is 1.75. The van der Waals surface area contributed by atoms with E-state index in [2.05, 4.69) is 24.0 Å². The zero-order chi connectivity index (χ0) is 13.7. The summed E-state index contributed by atoms with van der Waals surface area (Å²) in [5.41, 5.74) is 0. The summed E-state index contributed by atoms with van der Waals surface area (Å²) in [6, 6.07) is 0.259. The molecule has 2 aliphatic rings. The summed E-state index contributed by atoms with van der Waals surface area (Å²) in [4.78, 5) is 16.5. The molecule has 1 amide bonds. The molecule has 1 aliphatic carbocycles. The van der Waals surface area contributed by atoms with E-state index in [0.29, 0.717) is 18.2 Å². The third-order valence-corrected chi connectivity index (χ3v) is 4.41. The minimum absolute atomic E-state index is 0.220. The molecule has 2 atom stereocenters. The number of allylic oxidation sites excluding steroid dienone is 2. The molecule has 1 aliphatic heterocycles. The lowest BCUT2D eigenvalue weighted by Crippen LogP contribution is -2.52. The molecule has 1 saturated heterocycles. The molecule has 0 aromatic heterocycles. The zero-order valence-corrected chi connectivity index (χ0v) is 11.9. The molecule has 0 aromatic carbocycles. The van der Waals surface area contributed by atoms with E-state index in [1.54, 1.807) is 0 Å². The van der Waals surface area contributed by atoms with Gasteiger partial charge in [-0.1, -0.05) is 19.1 Å². The summed E-state index contributed by atoms with van der Waals surface area (Å²) in [6.07, 6.45) is 8.27. The van der Waals surface area contributed by atoms with Crippen molar-refractivity contribution in [1.29, 1.82) is 0 Å². The maximum atomic E-state index is 12.2. The van der Waals surface area contributed by atoms with Crippen molar-refractivity contribution in [2.24, 2.45) is 5.92 Å². The van der Waals surface area contributed by atoms with Crippen LogP contribution in [-0.2, 0) is 4.79 Å². The Morgan fingerprint density at radius 1 is 1.37 bits per heavy atom. The number of carbonyl (C=O) groups is 1. The van der Waals surface area contributed by atoms with E-state index in [1.807, 2.05) is 4.90 Å². The van der Waals surface area contributed by atoms with Gasteiger partial charge in [0, 0.05) is 38.6 Å². The molecule has 0 aromatic rings. The molecule has 108 valence electrons. The van der Waals surface area contributed by atoms with Crippen LogP contribution in [0.15, 0.2) is 12.2 Å². The van der Waals surface area contributed by atoms with Crippen molar-refractivity contribution in [3.8, 4) is 0 Å². The highest BCUT2D eigenvalue weighted by atomic mass is 16.3. The first-order valence-electron chi connectivity index (χ1n) is 7.54. The van der Waals surface area contributed by atoms with Gasteiger partial charge in [0.05, 0.1) is 6.61 Å². The Bertz CT molecular complexity index is 318. The number of piperazine rings is 1. The monoisotopic (exact) mass is 266 g/mol. The second-order valence-corrected chi connectivity index (χ2v) is 5.63. The average Bonchev–Trinajstić information content (AvgIpc) is 2.94. The third kappa shape index (κ3) is 3.80. The van der Waals surface area contributed by atoms with E-state index in [-0.39, 0.29) is 12.6 Å². The topological polar surface area (TPSA) is 43.8 Å². The molecule has 4 nitrogen and oxygen atoms in total. The van der Waals surface area contributed by atoms with Gasteiger partial charge in [-0.2, -0.15) is 0 Å². The molecule has 0 bridgehead atoms. The lowest BCUT2D eigenvalue weighted by molar-refractivity contribution is -0.134. The minimum atomic E-state index is 0.220. The fourth-order valence-electron chi connectivity index (χ4n) is 3.06. The molecule has 0 radical (unpaired) electrons. The van der Waals surface area contributed by atoms with Crippen LogP contribution in [0.2, 0.25) is 0 Å². The summed E-state index contributed by atoms with van der Waals surface area (Å²) in [5.74, 6) is 0.764. The second-order valence-electron chi connectivity index (χ2n) is 5.63. The minimum Gasteiger partial charge on any atom is -0.395 e. The largest absolute Gasteiger partial charge is 0.395 e. The summed E-state index contributed by atoms with van der Waals surface area (Å²) >= 11 is 0. The van der Waals surface area contributed by atoms with Crippen molar-refractivity contribution in [2.75, 3.05) is 32.8 Å². The first kappa shape index (κ1) is 14.5. The van der Waals surface area contributed by atoms with Crippen molar-refractivity contribution in [3.63, 3.8) is 0 Å². The second kappa shape index (κ2) is 7.06. The van der Waals surface area contributed by atoms with Crippen LogP contribution in [0.3, 0.4) is 0 Å². The Labute approximate surface area is 116 Å². The van der Waals surface area contributed by atoms with Gasteiger partial charge in [-0.05, 0) is 25.2 Å². The van der Waals surface area contributed by atoms with Gasteiger partial charge in [-0.3, -0.25) is 9.69 Å². The van der Waals surface area contributed by atoms with E-state index in [0.717, 1.165) is 45.4 Å². The molecule has 19 heavy (non-hydrogen) atoms. The van der Waals surface area contributed by atoms with Crippen LogP contribution >= 0.6 is 0 Å². The predicted molar refractivity (Wildman–Crippen MR) is 75.8 cm³/mol. The highest BCUT2D eigenvalue weighted by Crippen LogP contribution is 2.21. The van der Waals surface area contributed by atoms with Gasteiger partial charge in [-0.25, -0.2) is 0 Å². The highest BCUT2D eigenvalue weighted by Gasteiger charge is 2.26. The van der Waals surface area contributed by atoms with Crippen LogP contribution in [0.5, 0.6) is 0 Å². The van der Waals surface area contributed by atoms with Crippen LogP contribution in [0.1, 0.15) is 32.6 Å².